The van der Waals surface area contributed by atoms with Crippen molar-refractivity contribution in [3.63, 3.8) is 0 Å². The van der Waals surface area contributed by atoms with Gasteiger partial charge in [-0.15, -0.1) is 0 Å². The Hall–Kier alpha value is -1.55. The van der Waals surface area contributed by atoms with Gasteiger partial charge in [-0.3, -0.25) is 4.79 Å². The van der Waals surface area contributed by atoms with Gasteiger partial charge in [0.1, 0.15) is 5.76 Å². The van der Waals surface area contributed by atoms with Crippen molar-refractivity contribution in [3.8, 4) is 0 Å². The van der Waals surface area contributed by atoms with E-state index in [4.69, 9.17) is 4.42 Å². The van der Waals surface area contributed by atoms with E-state index in [0.29, 0.717) is 0 Å². The molecule has 20 heavy (non-hydrogen) atoms. The molecule has 0 aliphatic carbocycles. The van der Waals surface area contributed by atoms with Crippen molar-refractivity contribution in [2.24, 2.45) is 0 Å². The normalized spacial score (nSPS) is 16.2. The van der Waals surface area contributed by atoms with Crippen LogP contribution in [0.4, 0.5) is 0 Å². The van der Waals surface area contributed by atoms with Crippen LogP contribution in [0.5, 0.6) is 0 Å². The minimum absolute atomic E-state index is 0.0305. The van der Waals surface area contributed by atoms with E-state index in [1.165, 1.54) is 0 Å². The van der Waals surface area contributed by atoms with Gasteiger partial charge in [-0.05, 0) is 43.0 Å². The number of benzene rings is 1. The summed E-state index contributed by atoms with van der Waals surface area (Å²) in [6.45, 7) is 2.70. The first-order valence-electron chi connectivity index (χ1n) is 6.76. The number of alkyl halides is 1. The van der Waals surface area contributed by atoms with Crippen molar-refractivity contribution in [2.75, 3.05) is 6.54 Å². The van der Waals surface area contributed by atoms with Crippen LogP contribution in [0, 0.1) is 6.92 Å². The molecule has 2 aromatic rings. The number of furan rings is 1. The third-order valence-corrected chi connectivity index (χ3v) is 4.77. The fourth-order valence-corrected chi connectivity index (χ4v) is 3.35. The highest BCUT2D eigenvalue weighted by molar-refractivity contribution is 9.09. The highest BCUT2D eigenvalue weighted by Gasteiger charge is 2.20. The smallest absolute Gasteiger partial charge is 0.251 e. The molecule has 0 saturated heterocycles. The molecule has 0 bridgehead atoms. The summed E-state index contributed by atoms with van der Waals surface area (Å²) < 4.78 is 5.35. The zero-order valence-corrected chi connectivity index (χ0v) is 12.9. The second kappa shape index (κ2) is 5.44. The van der Waals surface area contributed by atoms with Gasteiger partial charge in [0.2, 0.25) is 0 Å². The summed E-state index contributed by atoms with van der Waals surface area (Å²) in [6, 6.07) is 8.10. The van der Waals surface area contributed by atoms with Crippen LogP contribution in [-0.2, 0) is 6.42 Å². The third-order valence-electron chi connectivity index (χ3n) is 3.75. The molecule has 1 N–H and O–H groups in total. The minimum Gasteiger partial charge on any atom is -0.469 e. The second-order valence-corrected chi connectivity index (χ2v) is 5.99. The van der Waals surface area contributed by atoms with Gasteiger partial charge in [-0.25, -0.2) is 0 Å². The molecule has 3 rings (SSSR count). The molecule has 0 spiro atoms. The Morgan fingerprint density at radius 1 is 1.35 bits per heavy atom. The zero-order valence-electron chi connectivity index (χ0n) is 11.3. The monoisotopic (exact) mass is 333 g/mol. The van der Waals surface area contributed by atoms with Crippen molar-refractivity contribution in [3.05, 3.63) is 58.5 Å². The maximum absolute atomic E-state index is 12.1. The highest BCUT2D eigenvalue weighted by Crippen LogP contribution is 2.34. The van der Waals surface area contributed by atoms with Crippen molar-refractivity contribution < 1.29 is 9.21 Å². The van der Waals surface area contributed by atoms with Crippen molar-refractivity contribution >= 4 is 21.8 Å². The molecule has 1 aliphatic rings. The molecule has 104 valence electrons. The van der Waals surface area contributed by atoms with E-state index in [2.05, 4.69) is 33.4 Å². The molecule has 1 atom stereocenters. The Labute approximate surface area is 126 Å². The van der Waals surface area contributed by atoms with Crippen LogP contribution < -0.4 is 5.32 Å². The Morgan fingerprint density at radius 3 is 2.95 bits per heavy atom. The summed E-state index contributed by atoms with van der Waals surface area (Å²) in [6.07, 6.45) is 3.64. The van der Waals surface area contributed by atoms with E-state index in [9.17, 15) is 4.79 Å². The van der Waals surface area contributed by atoms with Crippen LogP contribution in [0.2, 0.25) is 0 Å². The highest BCUT2D eigenvalue weighted by atomic mass is 79.9. The summed E-state index contributed by atoms with van der Waals surface area (Å²) in [5.41, 5.74) is 4.10. The first kappa shape index (κ1) is 13.4. The predicted octanol–water partition coefficient (Wildman–Crippen LogP) is 3.75. The summed E-state index contributed by atoms with van der Waals surface area (Å²) >= 11 is 3.70. The molecule has 1 aromatic heterocycles. The molecular weight excluding hydrogens is 318 g/mol. The SMILES string of the molecule is Cc1occc1C(Br)c1ccc2c(c1)C(=O)NCCC2. The number of aryl methyl sites for hydroxylation is 2. The molecule has 0 radical (unpaired) electrons. The lowest BCUT2D eigenvalue weighted by Gasteiger charge is -2.12. The van der Waals surface area contributed by atoms with Gasteiger partial charge in [0.25, 0.3) is 5.91 Å². The number of hydrogen-bond acceptors (Lipinski definition) is 2. The Kier molecular flexibility index (Phi) is 3.66. The average Bonchev–Trinajstić information content (AvgIpc) is 2.79. The average molecular weight is 334 g/mol. The minimum atomic E-state index is 0.0305. The number of fused-ring (bicyclic) bond motifs is 1. The van der Waals surface area contributed by atoms with Gasteiger partial charge in [0.05, 0.1) is 11.1 Å². The van der Waals surface area contributed by atoms with Crippen LogP contribution >= 0.6 is 15.9 Å². The molecule has 1 amide bonds. The van der Waals surface area contributed by atoms with E-state index in [1.54, 1.807) is 6.26 Å². The lowest BCUT2D eigenvalue weighted by molar-refractivity contribution is 0.0956. The molecule has 0 saturated carbocycles. The Bertz CT molecular complexity index is 648. The summed E-state index contributed by atoms with van der Waals surface area (Å²) in [5.74, 6) is 0.925. The summed E-state index contributed by atoms with van der Waals surface area (Å²) in [5, 5.41) is 2.94. The molecule has 0 fully saturated rings. The van der Waals surface area contributed by atoms with Gasteiger partial charge in [0.15, 0.2) is 0 Å². The number of nitrogens with one attached hydrogen (secondary N) is 1. The van der Waals surface area contributed by atoms with Gasteiger partial charge < -0.3 is 9.73 Å². The van der Waals surface area contributed by atoms with Crippen molar-refractivity contribution in [2.45, 2.75) is 24.6 Å². The van der Waals surface area contributed by atoms with E-state index in [1.807, 2.05) is 19.1 Å². The molecule has 4 heteroatoms. The first-order valence-corrected chi connectivity index (χ1v) is 7.67. The standard InChI is InChI=1S/C16H16BrNO2/c1-10-13(6-8-20-10)15(17)12-5-4-11-3-2-7-18-16(19)14(11)9-12/h4-6,8-9,15H,2-3,7H2,1H3,(H,18,19). The van der Waals surface area contributed by atoms with Gasteiger partial charge >= 0.3 is 0 Å². The fourth-order valence-electron chi connectivity index (χ4n) is 2.59. The van der Waals surface area contributed by atoms with Crippen LogP contribution in [0.3, 0.4) is 0 Å². The van der Waals surface area contributed by atoms with Crippen LogP contribution in [0.25, 0.3) is 0 Å². The second-order valence-electron chi connectivity index (χ2n) is 5.07. The third kappa shape index (κ3) is 2.40. The Morgan fingerprint density at radius 2 is 2.20 bits per heavy atom. The molecule has 1 aromatic carbocycles. The molecule has 2 heterocycles. The van der Waals surface area contributed by atoms with Gasteiger partial charge in [-0.1, -0.05) is 28.1 Å². The molecule has 1 unspecified atom stereocenters. The van der Waals surface area contributed by atoms with Crippen LogP contribution in [0.1, 0.15) is 44.1 Å². The fraction of sp³-hybridized carbons (Fsp3) is 0.312. The lowest BCUT2D eigenvalue weighted by atomic mass is 9.97. The van der Waals surface area contributed by atoms with Crippen LogP contribution in [0.15, 0.2) is 34.9 Å². The zero-order chi connectivity index (χ0) is 14.1. The van der Waals surface area contributed by atoms with Gasteiger partial charge in [-0.2, -0.15) is 0 Å². The van der Waals surface area contributed by atoms with Gasteiger partial charge in [0, 0.05) is 17.7 Å². The van der Waals surface area contributed by atoms with Crippen LogP contribution in [-0.4, -0.2) is 12.5 Å². The van der Waals surface area contributed by atoms with E-state index in [0.717, 1.165) is 47.4 Å². The largest absolute Gasteiger partial charge is 0.469 e. The summed E-state index contributed by atoms with van der Waals surface area (Å²) in [7, 11) is 0. The topological polar surface area (TPSA) is 42.2 Å². The number of carbonyl (C=O) groups excluding carboxylic acids is 1. The van der Waals surface area contributed by atoms with E-state index < -0.39 is 0 Å². The molecular formula is C16H16BrNO2. The van der Waals surface area contributed by atoms with E-state index in [-0.39, 0.29) is 10.7 Å². The Balaban J connectivity index is 2.00. The number of hydrogen-bond donors (Lipinski definition) is 1. The molecule has 3 nitrogen and oxygen atoms in total. The summed E-state index contributed by atoms with van der Waals surface area (Å²) in [4.78, 5) is 12.1. The van der Waals surface area contributed by atoms with Crippen molar-refractivity contribution in [1.82, 2.24) is 5.32 Å². The first-order chi connectivity index (χ1) is 9.66. The maximum atomic E-state index is 12.1. The predicted molar refractivity (Wildman–Crippen MR) is 81.3 cm³/mol. The lowest BCUT2D eigenvalue weighted by Crippen LogP contribution is -2.22. The van der Waals surface area contributed by atoms with Crippen molar-refractivity contribution in [1.29, 1.82) is 0 Å². The molecule has 1 aliphatic heterocycles. The number of carbonyl (C=O) groups is 1. The maximum Gasteiger partial charge on any atom is 0.251 e. The number of rotatable bonds is 2. The quantitative estimate of drug-likeness (QED) is 0.850. The van der Waals surface area contributed by atoms with E-state index >= 15 is 0 Å². The number of amides is 1. The number of halogens is 1.